The third-order valence-electron chi connectivity index (χ3n) is 3.90. The van der Waals surface area contributed by atoms with Gasteiger partial charge in [-0.25, -0.2) is 0 Å². The lowest BCUT2D eigenvalue weighted by Crippen LogP contribution is -2.38. The van der Waals surface area contributed by atoms with Gasteiger partial charge in [-0.3, -0.25) is 0 Å². The van der Waals surface area contributed by atoms with Crippen LogP contribution in [0.15, 0.2) is 24.3 Å². The monoisotopic (exact) mass is 264 g/mol. The second-order valence-electron chi connectivity index (χ2n) is 5.48. The van der Waals surface area contributed by atoms with Crippen molar-refractivity contribution in [1.82, 2.24) is 0 Å². The normalized spacial score (nSPS) is 19.9. The fourth-order valence-corrected chi connectivity index (χ4v) is 2.71. The fourth-order valence-electron chi connectivity index (χ4n) is 2.71. The standard InChI is InChI=1S/C16H24O3/c1-2-12-19-14-8-6-13(7-9-14)15(17)16(18)10-4-3-5-11-16/h6-9,15,17-18H,2-5,10-12H2,1H3. The van der Waals surface area contributed by atoms with Crippen molar-refractivity contribution in [3.8, 4) is 5.75 Å². The Kier molecular flexibility index (Phi) is 4.83. The number of benzene rings is 1. The number of aliphatic hydroxyl groups is 2. The lowest BCUT2D eigenvalue weighted by Gasteiger charge is -2.36. The van der Waals surface area contributed by atoms with Crippen molar-refractivity contribution in [2.45, 2.75) is 57.2 Å². The van der Waals surface area contributed by atoms with E-state index in [4.69, 9.17) is 4.74 Å². The molecule has 106 valence electrons. The van der Waals surface area contributed by atoms with Gasteiger partial charge >= 0.3 is 0 Å². The van der Waals surface area contributed by atoms with E-state index in [-0.39, 0.29) is 0 Å². The molecule has 0 bridgehead atoms. The molecular formula is C16H24O3. The van der Waals surface area contributed by atoms with E-state index in [0.29, 0.717) is 19.4 Å². The highest BCUT2D eigenvalue weighted by molar-refractivity contribution is 5.29. The van der Waals surface area contributed by atoms with Gasteiger partial charge in [0.15, 0.2) is 0 Å². The highest BCUT2D eigenvalue weighted by Gasteiger charge is 2.37. The Balaban J connectivity index is 2.04. The van der Waals surface area contributed by atoms with Gasteiger partial charge in [0.05, 0.1) is 12.2 Å². The summed E-state index contributed by atoms with van der Waals surface area (Å²) in [5.41, 5.74) is -0.183. The Hall–Kier alpha value is -1.06. The van der Waals surface area contributed by atoms with Gasteiger partial charge in [-0.1, -0.05) is 38.3 Å². The molecule has 1 aromatic rings. The molecule has 0 aromatic heterocycles. The minimum Gasteiger partial charge on any atom is -0.494 e. The van der Waals surface area contributed by atoms with Gasteiger partial charge in [0, 0.05) is 0 Å². The summed E-state index contributed by atoms with van der Waals surface area (Å²) in [6.07, 6.45) is 4.68. The molecule has 1 aliphatic rings. The minimum absolute atomic E-state index is 0.683. The predicted molar refractivity (Wildman–Crippen MR) is 75.2 cm³/mol. The first-order chi connectivity index (χ1) is 9.15. The molecule has 0 spiro atoms. The van der Waals surface area contributed by atoms with E-state index in [1.165, 1.54) is 0 Å². The SMILES string of the molecule is CCCOc1ccc(C(O)C2(O)CCCCC2)cc1. The van der Waals surface area contributed by atoms with Crippen LogP contribution >= 0.6 is 0 Å². The summed E-state index contributed by atoms with van der Waals surface area (Å²) in [6, 6.07) is 7.42. The van der Waals surface area contributed by atoms with Gasteiger partial charge < -0.3 is 14.9 Å². The number of rotatable bonds is 5. The van der Waals surface area contributed by atoms with Crippen LogP contribution in [0, 0.1) is 0 Å². The molecule has 2 rings (SSSR count). The quantitative estimate of drug-likeness (QED) is 0.858. The van der Waals surface area contributed by atoms with Gasteiger partial charge in [0.25, 0.3) is 0 Å². The van der Waals surface area contributed by atoms with Crippen molar-refractivity contribution in [2.24, 2.45) is 0 Å². The number of aliphatic hydroxyl groups excluding tert-OH is 1. The maximum Gasteiger partial charge on any atom is 0.119 e. The molecule has 3 heteroatoms. The summed E-state index contributed by atoms with van der Waals surface area (Å²) >= 11 is 0. The molecule has 19 heavy (non-hydrogen) atoms. The molecule has 1 unspecified atom stereocenters. The Bertz CT molecular complexity index is 379. The highest BCUT2D eigenvalue weighted by Crippen LogP contribution is 2.38. The summed E-state index contributed by atoms with van der Waals surface area (Å²) < 4.78 is 5.52. The summed E-state index contributed by atoms with van der Waals surface area (Å²) in [6.45, 7) is 2.77. The van der Waals surface area contributed by atoms with E-state index in [0.717, 1.165) is 37.0 Å². The second kappa shape index (κ2) is 6.40. The van der Waals surface area contributed by atoms with Crippen LogP contribution in [0.3, 0.4) is 0 Å². The molecule has 0 radical (unpaired) electrons. The predicted octanol–water partition coefficient (Wildman–Crippen LogP) is 3.20. The van der Waals surface area contributed by atoms with Crippen molar-refractivity contribution in [1.29, 1.82) is 0 Å². The largest absolute Gasteiger partial charge is 0.494 e. The zero-order valence-electron chi connectivity index (χ0n) is 11.6. The zero-order valence-corrected chi connectivity index (χ0v) is 11.6. The van der Waals surface area contributed by atoms with Crippen LogP contribution in [0.4, 0.5) is 0 Å². The first-order valence-electron chi connectivity index (χ1n) is 7.29. The van der Waals surface area contributed by atoms with Crippen LogP contribution in [-0.2, 0) is 0 Å². The molecule has 1 fully saturated rings. The van der Waals surface area contributed by atoms with Crippen molar-refractivity contribution in [3.05, 3.63) is 29.8 Å². The van der Waals surface area contributed by atoms with Crippen LogP contribution in [0.1, 0.15) is 57.1 Å². The number of hydrogen-bond acceptors (Lipinski definition) is 3. The topological polar surface area (TPSA) is 49.7 Å². The summed E-state index contributed by atoms with van der Waals surface area (Å²) in [5.74, 6) is 0.813. The van der Waals surface area contributed by atoms with E-state index >= 15 is 0 Å². The maximum atomic E-state index is 10.5. The Labute approximate surface area is 115 Å². The van der Waals surface area contributed by atoms with E-state index < -0.39 is 11.7 Å². The van der Waals surface area contributed by atoms with Gasteiger partial charge in [0.2, 0.25) is 0 Å². The van der Waals surface area contributed by atoms with E-state index in [1.807, 2.05) is 24.3 Å². The van der Waals surface area contributed by atoms with E-state index in [9.17, 15) is 10.2 Å². The van der Waals surface area contributed by atoms with Crippen molar-refractivity contribution in [2.75, 3.05) is 6.61 Å². The summed E-state index contributed by atoms with van der Waals surface area (Å²) in [4.78, 5) is 0. The van der Waals surface area contributed by atoms with Gasteiger partial charge in [0.1, 0.15) is 11.9 Å². The fraction of sp³-hybridized carbons (Fsp3) is 0.625. The van der Waals surface area contributed by atoms with E-state index in [2.05, 4.69) is 6.92 Å². The van der Waals surface area contributed by atoms with Crippen LogP contribution in [0.5, 0.6) is 5.75 Å². The van der Waals surface area contributed by atoms with Crippen LogP contribution < -0.4 is 4.74 Å². The molecule has 0 aliphatic heterocycles. The molecule has 0 amide bonds. The second-order valence-corrected chi connectivity index (χ2v) is 5.48. The molecule has 0 saturated heterocycles. The third-order valence-corrected chi connectivity index (χ3v) is 3.90. The molecular weight excluding hydrogens is 240 g/mol. The van der Waals surface area contributed by atoms with Crippen LogP contribution in [0.25, 0.3) is 0 Å². The van der Waals surface area contributed by atoms with Crippen molar-refractivity contribution >= 4 is 0 Å². The Morgan fingerprint density at radius 3 is 2.37 bits per heavy atom. The van der Waals surface area contributed by atoms with Gasteiger partial charge in [-0.15, -0.1) is 0 Å². The average Bonchev–Trinajstić information content (AvgIpc) is 2.46. The molecule has 3 nitrogen and oxygen atoms in total. The molecule has 1 saturated carbocycles. The summed E-state index contributed by atoms with van der Waals surface area (Å²) in [5, 5.41) is 20.9. The highest BCUT2D eigenvalue weighted by atomic mass is 16.5. The van der Waals surface area contributed by atoms with Crippen molar-refractivity contribution in [3.63, 3.8) is 0 Å². The van der Waals surface area contributed by atoms with Gasteiger partial charge in [-0.2, -0.15) is 0 Å². The lowest BCUT2D eigenvalue weighted by molar-refractivity contribution is -0.0991. The van der Waals surface area contributed by atoms with Gasteiger partial charge in [-0.05, 0) is 37.0 Å². The Morgan fingerprint density at radius 2 is 1.79 bits per heavy atom. The molecule has 1 aromatic carbocycles. The lowest BCUT2D eigenvalue weighted by atomic mass is 9.78. The minimum atomic E-state index is -0.954. The average molecular weight is 264 g/mol. The molecule has 0 heterocycles. The zero-order chi connectivity index (χ0) is 13.7. The molecule has 1 atom stereocenters. The van der Waals surface area contributed by atoms with Crippen molar-refractivity contribution < 1.29 is 14.9 Å². The first-order valence-corrected chi connectivity index (χ1v) is 7.29. The maximum absolute atomic E-state index is 10.5. The third kappa shape index (κ3) is 3.48. The Morgan fingerprint density at radius 1 is 1.16 bits per heavy atom. The number of ether oxygens (including phenoxy) is 1. The summed E-state index contributed by atoms with van der Waals surface area (Å²) in [7, 11) is 0. The molecule has 2 N–H and O–H groups in total. The van der Waals surface area contributed by atoms with Crippen LogP contribution in [-0.4, -0.2) is 22.4 Å². The van der Waals surface area contributed by atoms with E-state index in [1.54, 1.807) is 0 Å². The number of hydrogen-bond donors (Lipinski definition) is 2. The smallest absolute Gasteiger partial charge is 0.119 e. The van der Waals surface area contributed by atoms with Crippen LogP contribution in [0.2, 0.25) is 0 Å². The first kappa shape index (κ1) is 14.4. The molecule has 1 aliphatic carbocycles.